The number of nitrogens with zero attached hydrogens (tertiary/aromatic N) is 1. The Bertz CT molecular complexity index is 384. The molecule has 0 fully saturated rings. The Morgan fingerprint density at radius 1 is 1.56 bits per heavy atom. The summed E-state index contributed by atoms with van der Waals surface area (Å²) in [5.74, 6) is 0.587. The van der Waals surface area contributed by atoms with Crippen LogP contribution in [0.3, 0.4) is 0 Å². The third kappa shape index (κ3) is 3.72. The highest BCUT2D eigenvalue weighted by Crippen LogP contribution is 2.29. The summed E-state index contributed by atoms with van der Waals surface area (Å²) < 4.78 is 0.935. The molecule has 0 saturated heterocycles. The van der Waals surface area contributed by atoms with Crippen molar-refractivity contribution in [2.45, 2.75) is 11.8 Å². The van der Waals surface area contributed by atoms with Crippen molar-refractivity contribution < 1.29 is 4.79 Å². The zero-order chi connectivity index (χ0) is 12.1. The van der Waals surface area contributed by atoms with E-state index in [-0.39, 0.29) is 5.91 Å². The van der Waals surface area contributed by atoms with Crippen molar-refractivity contribution in [3.05, 3.63) is 22.7 Å². The van der Waals surface area contributed by atoms with E-state index in [1.807, 2.05) is 25.1 Å². The Balaban J connectivity index is 2.58. The second-order valence-corrected chi connectivity index (χ2v) is 5.26. The lowest BCUT2D eigenvalue weighted by molar-refractivity contribution is -0.126. The summed E-state index contributed by atoms with van der Waals surface area (Å²) in [5.41, 5.74) is 6.35. The van der Waals surface area contributed by atoms with Gasteiger partial charge in [-0.15, -0.1) is 11.8 Å². The van der Waals surface area contributed by atoms with Gasteiger partial charge < -0.3 is 10.6 Å². The smallest absolute Gasteiger partial charge is 0.232 e. The highest BCUT2D eigenvalue weighted by molar-refractivity contribution is 9.10. The van der Waals surface area contributed by atoms with E-state index >= 15 is 0 Å². The molecule has 0 aliphatic rings. The number of hydrogen-bond donors (Lipinski definition) is 1. The molecule has 0 aliphatic carbocycles. The number of carbonyl (C=O) groups is 1. The number of halogens is 1. The fraction of sp³-hybridized carbons (Fsp3) is 0.364. The summed E-state index contributed by atoms with van der Waals surface area (Å²) in [6.45, 7) is 2.70. The average Bonchev–Trinajstić information content (AvgIpc) is 2.26. The van der Waals surface area contributed by atoms with Gasteiger partial charge in [0.1, 0.15) is 0 Å². The van der Waals surface area contributed by atoms with Crippen LogP contribution in [0.15, 0.2) is 27.6 Å². The molecule has 0 aromatic heterocycles. The summed E-state index contributed by atoms with van der Waals surface area (Å²) in [6, 6.07) is 5.60. The molecule has 5 heteroatoms. The van der Waals surface area contributed by atoms with E-state index in [0.29, 0.717) is 11.4 Å². The molecule has 1 rings (SSSR count). The van der Waals surface area contributed by atoms with Crippen LogP contribution in [-0.2, 0) is 4.79 Å². The largest absolute Gasteiger partial charge is 0.399 e. The normalized spacial score (nSPS) is 10.2. The fourth-order valence-corrected chi connectivity index (χ4v) is 2.66. The number of thioether (sulfide) groups is 1. The van der Waals surface area contributed by atoms with Crippen LogP contribution >= 0.6 is 27.7 Å². The van der Waals surface area contributed by atoms with Crippen molar-refractivity contribution in [3.63, 3.8) is 0 Å². The van der Waals surface area contributed by atoms with Gasteiger partial charge in [0.2, 0.25) is 5.91 Å². The van der Waals surface area contributed by atoms with Crippen molar-refractivity contribution in [2.24, 2.45) is 0 Å². The first kappa shape index (κ1) is 13.4. The molecule has 0 atom stereocenters. The monoisotopic (exact) mass is 302 g/mol. The number of carbonyl (C=O) groups excluding carboxylic acids is 1. The molecule has 0 aliphatic heterocycles. The molecule has 1 aromatic rings. The number of rotatable bonds is 4. The van der Waals surface area contributed by atoms with Gasteiger partial charge >= 0.3 is 0 Å². The third-order valence-corrected chi connectivity index (χ3v) is 4.18. The van der Waals surface area contributed by atoms with Gasteiger partial charge in [0.25, 0.3) is 0 Å². The van der Waals surface area contributed by atoms with Gasteiger partial charge in [-0.1, -0.05) is 0 Å². The average molecular weight is 303 g/mol. The van der Waals surface area contributed by atoms with E-state index in [1.165, 1.54) is 11.8 Å². The van der Waals surface area contributed by atoms with Crippen LogP contribution in [0, 0.1) is 0 Å². The van der Waals surface area contributed by atoms with Gasteiger partial charge in [-0.2, -0.15) is 0 Å². The van der Waals surface area contributed by atoms with Crippen molar-refractivity contribution in [1.29, 1.82) is 0 Å². The van der Waals surface area contributed by atoms with Crippen LogP contribution in [-0.4, -0.2) is 30.2 Å². The minimum absolute atomic E-state index is 0.135. The number of nitrogen functional groups attached to an aromatic ring is 1. The number of benzene rings is 1. The maximum atomic E-state index is 11.6. The van der Waals surface area contributed by atoms with Gasteiger partial charge in [0.05, 0.1) is 5.75 Å². The zero-order valence-electron chi connectivity index (χ0n) is 9.37. The number of nitrogens with two attached hydrogens (primary N) is 1. The Morgan fingerprint density at radius 3 is 2.81 bits per heavy atom. The molecule has 0 radical (unpaired) electrons. The predicted molar refractivity (Wildman–Crippen MR) is 72.6 cm³/mol. The van der Waals surface area contributed by atoms with Crippen LogP contribution < -0.4 is 5.73 Å². The molecule has 16 heavy (non-hydrogen) atoms. The van der Waals surface area contributed by atoms with Gasteiger partial charge in [-0.3, -0.25) is 4.79 Å². The highest BCUT2D eigenvalue weighted by Gasteiger charge is 2.08. The van der Waals surface area contributed by atoms with Crippen LogP contribution in [0.4, 0.5) is 5.69 Å². The molecule has 0 heterocycles. The molecular formula is C11H15BrN2OS. The lowest BCUT2D eigenvalue weighted by Crippen LogP contribution is -2.27. The third-order valence-electron chi connectivity index (χ3n) is 2.21. The summed E-state index contributed by atoms with van der Waals surface area (Å²) >= 11 is 4.94. The van der Waals surface area contributed by atoms with E-state index in [4.69, 9.17) is 5.73 Å². The van der Waals surface area contributed by atoms with Crippen LogP contribution in [0.2, 0.25) is 0 Å². The molecule has 0 unspecified atom stereocenters. The Morgan fingerprint density at radius 2 is 2.25 bits per heavy atom. The van der Waals surface area contributed by atoms with Crippen molar-refractivity contribution in [1.82, 2.24) is 4.90 Å². The second-order valence-electron chi connectivity index (χ2n) is 3.39. The first-order chi connectivity index (χ1) is 7.54. The van der Waals surface area contributed by atoms with Crippen molar-refractivity contribution in [2.75, 3.05) is 25.1 Å². The highest BCUT2D eigenvalue weighted by atomic mass is 79.9. The van der Waals surface area contributed by atoms with E-state index in [9.17, 15) is 4.79 Å². The van der Waals surface area contributed by atoms with Gasteiger partial charge in [0.15, 0.2) is 0 Å². The minimum Gasteiger partial charge on any atom is -0.399 e. The maximum absolute atomic E-state index is 11.6. The van der Waals surface area contributed by atoms with E-state index in [0.717, 1.165) is 15.9 Å². The summed E-state index contributed by atoms with van der Waals surface area (Å²) in [6.07, 6.45) is 0. The standard InChI is InChI=1S/C11H15BrN2OS/c1-3-14(2)11(15)7-16-10-5-4-8(13)6-9(10)12/h4-6H,3,7,13H2,1-2H3. The molecule has 2 N–H and O–H groups in total. The molecule has 0 bridgehead atoms. The SMILES string of the molecule is CCN(C)C(=O)CSc1ccc(N)cc1Br. The number of amides is 1. The topological polar surface area (TPSA) is 46.3 Å². The fourth-order valence-electron chi connectivity index (χ4n) is 1.06. The van der Waals surface area contributed by atoms with Crippen LogP contribution in [0.5, 0.6) is 0 Å². The summed E-state index contributed by atoms with van der Waals surface area (Å²) in [7, 11) is 1.81. The van der Waals surface area contributed by atoms with Crippen LogP contribution in [0.25, 0.3) is 0 Å². The molecule has 0 saturated carbocycles. The minimum atomic E-state index is 0.135. The maximum Gasteiger partial charge on any atom is 0.232 e. The Hall–Kier alpha value is -0.680. The van der Waals surface area contributed by atoms with Gasteiger partial charge in [0, 0.05) is 28.6 Å². The molecule has 0 spiro atoms. The number of anilines is 1. The number of hydrogen-bond acceptors (Lipinski definition) is 3. The summed E-state index contributed by atoms with van der Waals surface area (Å²) in [4.78, 5) is 14.3. The molecule has 3 nitrogen and oxygen atoms in total. The second kappa shape index (κ2) is 6.15. The molecule has 1 aromatic carbocycles. The van der Waals surface area contributed by atoms with Gasteiger partial charge in [-0.05, 0) is 41.1 Å². The van der Waals surface area contributed by atoms with E-state index in [1.54, 1.807) is 11.9 Å². The van der Waals surface area contributed by atoms with E-state index < -0.39 is 0 Å². The van der Waals surface area contributed by atoms with Crippen molar-refractivity contribution >= 4 is 39.3 Å². The first-order valence-corrected chi connectivity index (χ1v) is 6.74. The Labute approximate surface area is 109 Å². The van der Waals surface area contributed by atoms with Crippen molar-refractivity contribution in [3.8, 4) is 0 Å². The van der Waals surface area contributed by atoms with Gasteiger partial charge in [-0.25, -0.2) is 0 Å². The first-order valence-electron chi connectivity index (χ1n) is 4.96. The summed E-state index contributed by atoms with van der Waals surface area (Å²) in [5, 5.41) is 0. The predicted octanol–water partition coefficient (Wildman–Crippen LogP) is 2.60. The zero-order valence-corrected chi connectivity index (χ0v) is 11.8. The lowest BCUT2D eigenvalue weighted by Gasteiger charge is -2.14. The van der Waals surface area contributed by atoms with E-state index in [2.05, 4.69) is 15.9 Å². The molecule has 88 valence electrons. The quantitative estimate of drug-likeness (QED) is 0.687. The molecular weight excluding hydrogens is 288 g/mol. The Kier molecular flexibility index (Phi) is 5.15. The van der Waals surface area contributed by atoms with Crippen LogP contribution in [0.1, 0.15) is 6.92 Å². The lowest BCUT2D eigenvalue weighted by atomic mass is 10.3. The molecule has 1 amide bonds.